The molecule has 12 heteroatoms. The fourth-order valence-electron chi connectivity index (χ4n) is 1.98. The molecular formula is C12H10F3N7OS. The van der Waals surface area contributed by atoms with Gasteiger partial charge in [0, 0.05) is 11.4 Å². The molecule has 0 unspecified atom stereocenters. The van der Waals surface area contributed by atoms with Gasteiger partial charge in [-0.15, -0.1) is 15.3 Å². The lowest BCUT2D eigenvalue weighted by molar-refractivity contribution is -0.138. The molecule has 0 saturated carbocycles. The summed E-state index contributed by atoms with van der Waals surface area (Å²) in [4.78, 5) is 20.2. The highest BCUT2D eigenvalue weighted by Gasteiger charge is 2.35. The number of alkyl halides is 3. The molecule has 0 aliphatic carbocycles. The molecule has 0 aromatic carbocycles. The lowest BCUT2D eigenvalue weighted by Gasteiger charge is -1.99. The quantitative estimate of drug-likeness (QED) is 0.767. The minimum absolute atomic E-state index is 0.203. The topological polar surface area (TPSA) is 98.0 Å². The highest BCUT2D eigenvalue weighted by atomic mass is 32.1. The van der Waals surface area contributed by atoms with Crippen LogP contribution in [0.15, 0.2) is 6.07 Å². The van der Waals surface area contributed by atoms with Crippen LogP contribution in [0, 0.1) is 13.8 Å². The van der Waals surface area contributed by atoms with Crippen LogP contribution in [-0.2, 0) is 17.4 Å². The van der Waals surface area contributed by atoms with Crippen molar-refractivity contribution in [2.45, 2.75) is 26.4 Å². The number of fused-ring (bicyclic) bond motifs is 1. The maximum Gasteiger partial charge on any atom is 0.445 e. The van der Waals surface area contributed by atoms with E-state index in [1.807, 2.05) is 19.9 Å². The fraction of sp³-hybridized carbons (Fsp3) is 0.333. The molecule has 0 aliphatic heterocycles. The zero-order chi connectivity index (χ0) is 17.5. The summed E-state index contributed by atoms with van der Waals surface area (Å²) in [5, 5.41) is 11.3. The number of nitrogens with one attached hydrogen (secondary N) is 1. The second-order valence-corrected chi connectivity index (χ2v) is 5.89. The molecule has 0 fully saturated rings. The van der Waals surface area contributed by atoms with Gasteiger partial charge in [-0.2, -0.15) is 18.2 Å². The van der Waals surface area contributed by atoms with E-state index in [-0.39, 0.29) is 28.7 Å². The number of carbonyl (C=O) groups excluding carboxylic acids is 1. The Morgan fingerprint density at radius 2 is 2.04 bits per heavy atom. The monoisotopic (exact) mass is 357 g/mol. The number of aryl methyl sites for hydroxylation is 2. The number of aromatic nitrogens is 6. The highest BCUT2D eigenvalue weighted by molar-refractivity contribution is 7.15. The third kappa shape index (κ3) is 3.32. The Kier molecular flexibility index (Phi) is 3.91. The van der Waals surface area contributed by atoms with E-state index in [0.29, 0.717) is 5.78 Å². The van der Waals surface area contributed by atoms with Crippen LogP contribution < -0.4 is 5.32 Å². The Balaban J connectivity index is 1.73. The van der Waals surface area contributed by atoms with E-state index in [4.69, 9.17) is 0 Å². The van der Waals surface area contributed by atoms with Gasteiger partial charge in [0.1, 0.15) is 0 Å². The van der Waals surface area contributed by atoms with Crippen LogP contribution in [-0.4, -0.2) is 35.7 Å². The summed E-state index contributed by atoms with van der Waals surface area (Å²) in [5.41, 5.74) is 1.56. The second kappa shape index (κ2) is 5.78. The summed E-state index contributed by atoms with van der Waals surface area (Å²) in [6.07, 6.45) is -4.81. The first kappa shape index (κ1) is 16.2. The standard InChI is InChI=1S/C12H10F3N7OS/c1-5-3-6(2)22-10(16-5)17-7(21-22)4-8(23)18-11-20-19-9(24-11)12(13,14)15/h3H,4H2,1-2H3,(H,18,20,23). The molecule has 1 N–H and O–H groups in total. The van der Waals surface area contributed by atoms with Crippen LogP contribution in [0.1, 0.15) is 22.2 Å². The summed E-state index contributed by atoms with van der Waals surface area (Å²) >= 11 is 0.251. The van der Waals surface area contributed by atoms with Gasteiger partial charge in [-0.05, 0) is 19.9 Å². The Hall–Kier alpha value is -2.63. The first-order valence-electron chi connectivity index (χ1n) is 6.63. The molecule has 0 saturated heterocycles. The lowest BCUT2D eigenvalue weighted by Crippen LogP contribution is -2.15. The first-order valence-corrected chi connectivity index (χ1v) is 7.44. The summed E-state index contributed by atoms with van der Waals surface area (Å²) in [6.45, 7) is 3.63. The fourth-order valence-corrected chi connectivity index (χ4v) is 2.61. The maximum atomic E-state index is 12.4. The third-order valence-electron chi connectivity index (χ3n) is 2.89. The van der Waals surface area contributed by atoms with Gasteiger partial charge in [0.2, 0.25) is 16.0 Å². The van der Waals surface area contributed by atoms with Crippen molar-refractivity contribution in [1.29, 1.82) is 0 Å². The van der Waals surface area contributed by atoms with E-state index >= 15 is 0 Å². The van der Waals surface area contributed by atoms with E-state index in [1.165, 1.54) is 4.52 Å². The molecule has 3 aromatic heterocycles. The zero-order valence-corrected chi connectivity index (χ0v) is 13.2. The van der Waals surface area contributed by atoms with E-state index in [9.17, 15) is 18.0 Å². The molecule has 0 bridgehead atoms. The molecule has 1 amide bonds. The van der Waals surface area contributed by atoms with E-state index in [2.05, 4.69) is 30.6 Å². The minimum atomic E-state index is -4.59. The number of rotatable bonds is 3. The molecule has 8 nitrogen and oxygen atoms in total. The van der Waals surface area contributed by atoms with Crippen molar-refractivity contribution in [2.24, 2.45) is 0 Å². The van der Waals surface area contributed by atoms with Gasteiger partial charge in [-0.1, -0.05) is 11.3 Å². The summed E-state index contributed by atoms with van der Waals surface area (Å²) in [7, 11) is 0. The number of hydrogen-bond acceptors (Lipinski definition) is 7. The van der Waals surface area contributed by atoms with E-state index < -0.39 is 17.1 Å². The molecule has 24 heavy (non-hydrogen) atoms. The normalized spacial score (nSPS) is 11.9. The van der Waals surface area contributed by atoms with Crippen LogP contribution in [0.25, 0.3) is 5.78 Å². The van der Waals surface area contributed by atoms with Crippen LogP contribution in [0.4, 0.5) is 18.3 Å². The Morgan fingerprint density at radius 3 is 2.71 bits per heavy atom. The molecular weight excluding hydrogens is 347 g/mol. The van der Waals surface area contributed by atoms with Gasteiger partial charge >= 0.3 is 6.18 Å². The Morgan fingerprint density at radius 1 is 1.29 bits per heavy atom. The molecule has 0 atom stereocenters. The molecule has 0 spiro atoms. The zero-order valence-electron chi connectivity index (χ0n) is 12.4. The van der Waals surface area contributed by atoms with E-state index in [1.54, 1.807) is 0 Å². The number of anilines is 1. The van der Waals surface area contributed by atoms with Gasteiger partial charge in [-0.3, -0.25) is 4.79 Å². The van der Waals surface area contributed by atoms with Crippen molar-refractivity contribution in [3.05, 3.63) is 28.3 Å². The number of amides is 1. The average Bonchev–Trinajstić information content (AvgIpc) is 3.04. The number of nitrogens with zero attached hydrogens (tertiary/aromatic N) is 6. The summed E-state index contributed by atoms with van der Waals surface area (Å²) in [5.74, 6) is -0.0370. The number of halogens is 3. The van der Waals surface area contributed by atoms with Gasteiger partial charge in [0.05, 0.1) is 6.42 Å². The smallest absolute Gasteiger partial charge is 0.300 e. The molecule has 0 radical (unpaired) electrons. The average molecular weight is 357 g/mol. The van der Waals surface area contributed by atoms with Crippen LogP contribution >= 0.6 is 11.3 Å². The SMILES string of the molecule is Cc1cc(C)n2nc(CC(=O)Nc3nnc(C(F)(F)F)s3)nc2n1. The number of hydrogen-bond donors (Lipinski definition) is 1. The summed E-state index contributed by atoms with van der Waals surface area (Å²) < 4.78 is 38.8. The third-order valence-corrected chi connectivity index (χ3v) is 3.78. The van der Waals surface area contributed by atoms with Crippen molar-refractivity contribution in [3.63, 3.8) is 0 Å². The van der Waals surface area contributed by atoms with Gasteiger partial charge in [0.25, 0.3) is 5.78 Å². The van der Waals surface area contributed by atoms with Crippen LogP contribution in [0.5, 0.6) is 0 Å². The molecule has 0 aliphatic rings. The minimum Gasteiger partial charge on any atom is -0.300 e. The largest absolute Gasteiger partial charge is 0.445 e. The Bertz CT molecular complexity index is 917. The first-order chi connectivity index (χ1) is 11.2. The summed E-state index contributed by atoms with van der Waals surface area (Å²) in [6, 6.07) is 1.81. The van der Waals surface area contributed by atoms with Gasteiger partial charge in [-0.25, -0.2) is 9.50 Å². The van der Waals surface area contributed by atoms with Crippen LogP contribution in [0.3, 0.4) is 0 Å². The van der Waals surface area contributed by atoms with Crippen molar-refractivity contribution in [2.75, 3.05) is 5.32 Å². The van der Waals surface area contributed by atoms with Crippen molar-refractivity contribution >= 4 is 28.2 Å². The van der Waals surface area contributed by atoms with Crippen molar-refractivity contribution in [1.82, 2.24) is 29.8 Å². The molecule has 3 aromatic rings. The Labute approximate surface area is 136 Å². The maximum absolute atomic E-state index is 12.4. The lowest BCUT2D eigenvalue weighted by atomic mass is 10.4. The highest BCUT2D eigenvalue weighted by Crippen LogP contribution is 2.32. The molecule has 126 valence electrons. The number of carbonyl (C=O) groups is 1. The predicted molar refractivity (Wildman–Crippen MR) is 77.5 cm³/mol. The second-order valence-electron chi connectivity index (χ2n) is 4.91. The molecule has 3 heterocycles. The van der Waals surface area contributed by atoms with Crippen molar-refractivity contribution in [3.8, 4) is 0 Å². The van der Waals surface area contributed by atoms with E-state index in [0.717, 1.165) is 11.4 Å². The predicted octanol–water partition coefficient (Wildman–Crippen LogP) is 1.79. The van der Waals surface area contributed by atoms with Gasteiger partial charge < -0.3 is 5.32 Å². The van der Waals surface area contributed by atoms with Gasteiger partial charge in [0.15, 0.2) is 5.82 Å². The van der Waals surface area contributed by atoms with Crippen molar-refractivity contribution < 1.29 is 18.0 Å². The molecule has 3 rings (SSSR count). The van der Waals surface area contributed by atoms with Crippen LogP contribution in [0.2, 0.25) is 0 Å².